The van der Waals surface area contributed by atoms with Crippen LogP contribution in [0.1, 0.15) is 34.3 Å². The van der Waals surface area contributed by atoms with E-state index >= 15 is 0 Å². The molecule has 2 heterocycles. The highest BCUT2D eigenvalue weighted by molar-refractivity contribution is 7.92. The van der Waals surface area contributed by atoms with Crippen LogP contribution in [0.5, 0.6) is 5.75 Å². The standard InChI is InChI=1S/C21H21NO4S/c1-16-6-8-17(9-7-16)10-13-27(24,25)22-12-11-21(15-22)14-19(23)18-4-2-3-5-20(18)26-21/h2-10,13H,11-12,14-15H2,1H3/b13-10+/t21-/m0/s1. The fourth-order valence-corrected chi connectivity index (χ4v) is 4.89. The van der Waals surface area contributed by atoms with Crippen molar-refractivity contribution in [3.8, 4) is 5.75 Å². The molecule has 2 aliphatic rings. The molecule has 1 saturated heterocycles. The van der Waals surface area contributed by atoms with Gasteiger partial charge in [-0.3, -0.25) is 4.79 Å². The number of carbonyl (C=O) groups is 1. The van der Waals surface area contributed by atoms with Crippen molar-refractivity contribution in [2.75, 3.05) is 13.1 Å². The van der Waals surface area contributed by atoms with Crippen LogP contribution in [0, 0.1) is 6.92 Å². The number of hydrogen-bond acceptors (Lipinski definition) is 4. The van der Waals surface area contributed by atoms with Crippen molar-refractivity contribution in [1.82, 2.24) is 4.31 Å². The van der Waals surface area contributed by atoms with Crippen LogP contribution in [0.25, 0.3) is 6.08 Å². The number of para-hydroxylation sites is 1. The fourth-order valence-electron chi connectivity index (χ4n) is 3.62. The number of rotatable bonds is 3. The predicted octanol–water partition coefficient (Wildman–Crippen LogP) is 3.41. The number of fused-ring (bicyclic) bond motifs is 1. The molecule has 140 valence electrons. The summed E-state index contributed by atoms with van der Waals surface area (Å²) in [5.41, 5.74) is 1.76. The van der Waals surface area contributed by atoms with Crippen LogP contribution >= 0.6 is 0 Å². The minimum absolute atomic E-state index is 0.00583. The van der Waals surface area contributed by atoms with Gasteiger partial charge in [0.05, 0.1) is 18.5 Å². The van der Waals surface area contributed by atoms with Crippen molar-refractivity contribution in [2.24, 2.45) is 0 Å². The first kappa shape index (κ1) is 17.9. The molecule has 2 aliphatic heterocycles. The summed E-state index contributed by atoms with van der Waals surface area (Å²) in [7, 11) is -3.58. The van der Waals surface area contributed by atoms with E-state index in [4.69, 9.17) is 4.74 Å². The largest absolute Gasteiger partial charge is 0.485 e. The van der Waals surface area contributed by atoms with E-state index in [-0.39, 0.29) is 18.7 Å². The quantitative estimate of drug-likeness (QED) is 0.815. The third-order valence-corrected chi connectivity index (χ3v) is 6.66. The van der Waals surface area contributed by atoms with Crippen LogP contribution in [-0.4, -0.2) is 37.2 Å². The molecular weight excluding hydrogens is 362 g/mol. The van der Waals surface area contributed by atoms with Crippen molar-refractivity contribution in [2.45, 2.75) is 25.4 Å². The zero-order valence-corrected chi connectivity index (χ0v) is 15.9. The third-order valence-electron chi connectivity index (χ3n) is 5.15. The number of hydrogen-bond donors (Lipinski definition) is 0. The van der Waals surface area contributed by atoms with E-state index in [1.165, 1.54) is 9.71 Å². The van der Waals surface area contributed by atoms with E-state index in [0.29, 0.717) is 24.3 Å². The molecule has 0 radical (unpaired) electrons. The SMILES string of the molecule is Cc1ccc(/C=C/S(=O)(=O)N2CC[C@]3(CC(=O)c4ccccc4O3)C2)cc1. The van der Waals surface area contributed by atoms with Crippen molar-refractivity contribution >= 4 is 21.9 Å². The van der Waals surface area contributed by atoms with E-state index in [1.807, 2.05) is 37.3 Å². The average Bonchev–Trinajstić information content (AvgIpc) is 3.05. The van der Waals surface area contributed by atoms with Gasteiger partial charge >= 0.3 is 0 Å². The number of sulfonamides is 1. The summed E-state index contributed by atoms with van der Waals surface area (Å²) >= 11 is 0. The van der Waals surface area contributed by atoms with E-state index in [0.717, 1.165) is 11.1 Å². The minimum Gasteiger partial charge on any atom is -0.485 e. The minimum atomic E-state index is -3.58. The van der Waals surface area contributed by atoms with Crippen molar-refractivity contribution in [3.63, 3.8) is 0 Å². The van der Waals surface area contributed by atoms with Gasteiger partial charge in [-0.15, -0.1) is 0 Å². The first-order valence-electron chi connectivity index (χ1n) is 8.93. The van der Waals surface area contributed by atoms with Gasteiger partial charge in [-0.1, -0.05) is 42.0 Å². The second-order valence-corrected chi connectivity index (χ2v) is 9.04. The number of Topliss-reactive ketones (excluding diaryl/α,β-unsaturated/α-hetero) is 1. The highest BCUT2D eigenvalue weighted by Crippen LogP contribution is 2.39. The maximum Gasteiger partial charge on any atom is 0.236 e. The summed E-state index contributed by atoms with van der Waals surface area (Å²) in [6, 6.07) is 14.8. The Kier molecular flexibility index (Phi) is 4.40. The van der Waals surface area contributed by atoms with Gasteiger partial charge < -0.3 is 4.74 Å². The Hall–Kier alpha value is -2.44. The lowest BCUT2D eigenvalue weighted by molar-refractivity contribution is 0.0499. The van der Waals surface area contributed by atoms with Gasteiger partial charge in [0.25, 0.3) is 0 Å². The lowest BCUT2D eigenvalue weighted by atomic mass is 9.89. The van der Waals surface area contributed by atoms with Crippen LogP contribution < -0.4 is 4.74 Å². The fraction of sp³-hybridized carbons (Fsp3) is 0.286. The predicted molar refractivity (Wildman–Crippen MR) is 104 cm³/mol. The molecule has 6 heteroatoms. The zero-order valence-electron chi connectivity index (χ0n) is 15.1. The number of benzene rings is 2. The molecule has 0 N–H and O–H groups in total. The van der Waals surface area contributed by atoms with Crippen LogP contribution in [-0.2, 0) is 10.0 Å². The summed E-state index contributed by atoms with van der Waals surface area (Å²) < 4.78 is 33.0. The molecule has 0 bridgehead atoms. The van der Waals surface area contributed by atoms with Gasteiger partial charge in [-0.2, -0.15) is 4.31 Å². The Balaban J connectivity index is 1.52. The normalized spacial score (nSPS) is 22.9. The molecule has 1 atom stereocenters. The van der Waals surface area contributed by atoms with E-state index < -0.39 is 15.6 Å². The lowest BCUT2D eigenvalue weighted by Gasteiger charge is -2.34. The van der Waals surface area contributed by atoms with Gasteiger partial charge in [0.15, 0.2) is 5.78 Å². The maximum atomic E-state index is 12.7. The topological polar surface area (TPSA) is 63.7 Å². The van der Waals surface area contributed by atoms with Gasteiger partial charge in [-0.25, -0.2) is 8.42 Å². The lowest BCUT2D eigenvalue weighted by Crippen LogP contribution is -2.45. The van der Waals surface area contributed by atoms with Crippen molar-refractivity contribution in [3.05, 3.63) is 70.6 Å². The molecule has 2 aromatic rings. The Morgan fingerprint density at radius 1 is 1.11 bits per heavy atom. The average molecular weight is 383 g/mol. The second kappa shape index (κ2) is 6.62. The van der Waals surface area contributed by atoms with E-state index in [2.05, 4.69) is 0 Å². The smallest absolute Gasteiger partial charge is 0.236 e. The summed E-state index contributed by atoms with van der Waals surface area (Å²) in [6.07, 6.45) is 2.31. The molecule has 0 aliphatic carbocycles. The molecule has 1 fully saturated rings. The number of carbonyl (C=O) groups excluding carboxylic acids is 1. The van der Waals surface area contributed by atoms with Crippen molar-refractivity contribution < 1.29 is 17.9 Å². The van der Waals surface area contributed by atoms with Gasteiger partial charge in [0.1, 0.15) is 11.4 Å². The molecular formula is C21H21NO4S. The molecule has 5 nitrogen and oxygen atoms in total. The third kappa shape index (κ3) is 3.55. The van der Waals surface area contributed by atoms with Crippen LogP contribution in [0.3, 0.4) is 0 Å². The highest BCUT2D eigenvalue weighted by Gasteiger charge is 2.48. The summed E-state index contributed by atoms with van der Waals surface area (Å²) in [5.74, 6) is 0.550. The van der Waals surface area contributed by atoms with E-state index in [1.54, 1.807) is 24.3 Å². The van der Waals surface area contributed by atoms with E-state index in [9.17, 15) is 13.2 Å². The van der Waals surface area contributed by atoms with Crippen LogP contribution in [0.2, 0.25) is 0 Å². The number of ketones is 1. The van der Waals surface area contributed by atoms with Crippen LogP contribution in [0.4, 0.5) is 0 Å². The van der Waals surface area contributed by atoms with Gasteiger partial charge in [-0.05, 0) is 30.7 Å². The monoisotopic (exact) mass is 383 g/mol. The molecule has 0 saturated carbocycles. The molecule has 0 unspecified atom stereocenters. The number of ether oxygens (including phenoxy) is 1. The first-order chi connectivity index (χ1) is 12.9. The Bertz CT molecular complexity index is 1010. The number of nitrogens with zero attached hydrogens (tertiary/aromatic N) is 1. The zero-order chi connectivity index (χ0) is 19.1. The molecule has 4 rings (SSSR count). The Morgan fingerprint density at radius 3 is 2.63 bits per heavy atom. The van der Waals surface area contributed by atoms with Crippen molar-refractivity contribution in [1.29, 1.82) is 0 Å². The molecule has 2 aromatic carbocycles. The van der Waals surface area contributed by atoms with Gasteiger partial charge in [0, 0.05) is 18.4 Å². The first-order valence-corrected chi connectivity index (χ1v) is 10.4. The summed E-state index contributed by atoms with van der Waals surface area (Å²) in [6.45, 7) is 2.52. The van der Waals surface area contributed by atoms with Gasteiger partial charge in [0.2, 0.25) is 10.0 Å². The molecule has 0 amide bonds. The number of aryl methyl sites for hydroxylation is 1. The Labute approximate surface area is 159 Å². The molecule has 1 spiro atoms. The second-order valence-electron chi connectivity index (χ2n) is 7.22. The highest BCUT2D eigenvalue weighted by atomic mass is 32.2. The summed E-state index contributed by atoms with van der Waals surface area (Å²) in [4.78, 5) is 12.5. The maximum absolute atomic E-state index is 12.7. The Morgan fingerprint density at radius 2 is 1.85 bits per heavy atom. The molecule has 27 heavy (non-hydrogen) atoms. The summed E-state index contributed by atoms with van der Waals surface area (Å²) in [5, 5.41) is 1.23. The molecule has 0 aromatic heterocycles. The van der Waals surface area contributed by atoms with Crippen LogP contribution in [0.15, 0.2) is 53.9 Å².